The van der Waals surface area contributed by atoms with Crippen molar-refractivity contribution in [3.05, 3.63) is 132 Å². The van der Waals surface area contributed by atoms with Crippen LogP contribution in [0.3, 0.4) is 0 Å². The molecule has 2 amide bonds. The van der Waals surface area contributed by atoms with Crippen molar-refractivity contribution in [3.63, 3.8) is 0 Å². The Labute approximate surface area is 252 Å². The van der Waals surface area contributed by atoms with E-state index < -0.39 is 0 Å². The number of para-hydroxylation sites is 2. The highest BCUT2D eigenvalue weighted by molar-refractivity contribution is 6.08. The highest BCUT2D eigenvalue weighted by atomic mass is 19.1. The molecule has 2 heterocycles. The van der Waals surface area contributed by atoms with E-state index in [1.807, 2.05) is 48.5 Å². The van der Waals surface area contributed by atoms with Crippen LogP contribution in [0.2, 0.25) is 0 Å². The second-order valence-corrected chi connectivity index (χ2v) is 10.4. The van der Waals surface area contributed by atoms with Gasteiger partial charge in [0.15, 0.2) is 0 Å². The molecule has 0 spiro atoms. The molecule has 218 valence electrons. The van der Waals surface area contributed by atoms with E-state index in [9.17, 15) is 18.4 Å². The number of aromatic nitrogens is 2. The molecule has 0 fully saturated rings. The highest BCUT2D eigenvalue weighted by Gasteiger charge is 2.15. The number of pyridine rings is 2. The van der Waals surface area contributed by atoms with Gasteiger partial charge in [0.25, 0.3) is 11.8 Å². The molecule has 0 saturated carbocycles. The van der Waals surface area contributed by atoms with E-state index in [-0.39, 0.29) is 23.4 Å². The lowest BCUT2D eigenvalue weighted by molar-refractivity contribution is 0.0941. The number of carbonyl (C=O) groups excluding carboxylic acids is 2. The summed E-state index contributed by atoms with van der Waals surface area (Å²) in [6.07, 6.45) is 1.30. The van der Waals surface area contributed by atoms with Gasteiger partial charge in [-0.2, -0.15) is 0 Å². The Morgan fingerprint density at radius 3 is 1.34 bits per heavy atom. The summed E-state index contributed by atoms with van der Waals surface area (Å²) in [7, 11) is 0. The smallest absolute Gasteiger partial charge is 0.252 e. The number of unbranched alkanes of at least 4 members (excludes halogenated alkanes) is 1. The minimum atomic E-state index is -0.340. The van der Waals surface area contributed by atoms with Crippen molar-refractivity contribution in [2.45, 2.75) is 12.8 Å². The van der Waals surface area contributed by atoms with Gasteiger partial charge >= 0.3 is 0 Å². The van der Waals surface area contributed by atoms with Crippen LogP contribution in [0.1, 0.15) is 33.6 Å². The maximum Gasteiger partial charge on any atom is 0.252 e. The Balaban J connectivity index is 1.08. The first-order valence-electron chi connectivity index (χ1n) is 14.3. The van der Waals surface area contributed by atoms with Crippen molar-refractivity contribution >= 4 is 33.6 Å². The van der Waals surface area contributed by atoms with Gasteiger partial charge in [0.05, 0.1) is 33.5 Å². The normalized spacial score (nSPS) is 11.0. The molecule has 4 aromatic carbocycles. The fourth-order valence-electron chi connectivity index (χ4n) is 5.11. The molecule has 0 aliphatic carbocycles. The SMILES string of the molecule is O=C(NCCCCNC(=O)c1cc(-c2ccc(F)cc2)nc2ccccc12)c1cc(-c2ccc(F)cc2)nc2ccccc12. The Morgan fingerprint density at radius 2 is 0.932 bits per heavy atom. The average molecular weight is 587 g/mol. The summed E-state index contributed by atoms with van der Waals surface area (Å²) in [5, 5.41) is 7.41. The zero-order valence-electron chi connectivity index (χ0n) is 23.7. The second kappa shape index (κ2) is 12.8. The molecule has 6 rings (SSSR count). The van der Waals surface area contributed by atoms with E-state index >= 15 is 0 Å². The molecular weight excluding hydrogens is 558 g/mol. The summed E-state index contributed by atoms with van der Waals surface area (Å²) in [5.41, 5.74) is 4.93. The number of halogens is 2. The summed E-state index contributed by atoms with van der Waals surface area (Å²) in [6, 6.07) is 30.3. The summed E-state index contributed by atoms with van der Waals surface area (Å²) in [5.74, 6) is -1.14. The molecule has 0 unspecified atom stereocenters. The lowest BCUT2D eigenvalue weighted by Gasteiger charge is -2.12. The highest BCUT2D eigenvalue weighted by Crippen LogP contribution is 2.26. The van der Waals surface area contributed by atoms with Crippen LogP contribution >= 0.6 is 0 Å². The molecule has 2 aromatic heterocycles. The molecule has 6 nitrogen and oxygen atoms in total. The fourth-order valence-corrected chi connectivity index (χ4v) is 5.11. The van der Waals surface area contributed by atoms with Crippen LogP contribution in [0.4, 0.5) is 8.78 Å². The molecule has 0 atom stereocenters. The van der Waals surface area contributed by atoms with E-state index in [2.05, 4.69) is 20.6 Å². The second-order valence-electron chi connectivity index (χ2n) is 10.4. The van der Waals surface area contributed by atoms with E-state index in [4.69, 9.17) is 0 Å². The van der Waals surface area contributed by atoms with Gasteiger partial charge in [0.1, 0.15) is 11.6 Å². The standard InChI is InChI=1S/C36H28F2N4O2/c37-25-15-11-23(12-16-25)33-21-29(27-7-1-3-9-31(27)41-33)35(43)39-19-5-6-20-40-36(44)30-22-34(24-13-17-26(38)18-14-24)42-32-10-4-2-8-28(30)32/h1-4,7-18,21-22H,5-6,19-20H2,(H,39,43)(H,40,44). The molecule has 0 saturated heterocycles. The van der Waals surface area contributed by atoms with Crippen LogP contribution in [0.15, 0.2) is 109 Å². The zero-order chi connectivity index (χ0) is 30.5. The van der Waals surface area contributed by atoms with E-state index in [0.29, 0.717) is 70.6 Å². The number of benzene rings is 4. The van der Waals surface area contributed by atoms with Crippen LogP contribution in [0, 0.1) is 11.6 Å². The zero-order valence-corrected chi connectivity index (χ0v) is 23.7. The lowest BCUT2D eigenvalue weighted by atomic mass is 10.0. The number of hydrogen-bond acceptors (Lipinski definition) is 4. The number of hydrogen-bond donors (Lipinski definition) is 2. The summed E-state index contributed by atoms with van der Waals surface area (Å²) >= 11 is 0. The Bertz CT molecular complexity index is 1830. The number of amides is 2. The van der Waals surface area contributed by atoms with Gasteiger partial charge in [-0.1, -0.05) is 36.4 Å². The van der Waals surface area contributed by atoms with E-state index in [1.165, 1.54) is 24.3 Å². The molecule has 0 bridgehead atoms. The average Bonchev–Trinajstić information content (AvgIpc) is 3.05. The van der Waals surface area contributed by atoms with Crippen molar-refractivity contribution in [1.82, 2.24) is 20.6 Å². The Kier molecular flexibility index (Phi) is 8.32. The molecule has 44 heavy (non-hydrogen) atoms. The van der Waals surface area contributed by atoms with Gasteiger partial charge in [-0.05, 0) is 85.6 Å². The quantitative estimate of drug-likeness (QED) is 0.174. The van der Waals surface area contributed by atoms with Crippen LogP contribution in [0.5, 0.6) is 0 Å². The number of nitrogens with one attached hydrogen (secondary N) is 2. The fraction of sp³-hybridized carbons (Fsp3) is 0.111. The largest absolute Gasteiger partial charge is 0.352 e. The number of carbonyl (C=O) groups is 2. The van der Waals surface area contributed by atoms with E-state index in [0.717, 1.165) is 10.8 Å². The van der Waals surface area contributed by atoms with Crippen molar-refractivity contribution in [1.29, 1.82) is 0 Å². The van der Waals surface area contributed by atoms with Crippen LogP contribution in [0.25, 0.3) is 44.3 Å². The summed E-state index contributed by atoms with van der Waals surface area (Å²) in [6.45, 7) is 0.842. The van der Waals surface area contributed by atoms with Crippen molar-refractivity contribution in [2.24, 2.45) is 0 Å². The number of nitrogens with zero attached hydrogens (tertiary/aromatic N) is 2. The topological polar surface area (TPSA) is 84.0 Å². The van der Waals surface area contributed by atoms with Gasteiger partial charge in [-0.3, -0.25) is 9.59 Å². The molecule has 0 aliphatic heterocycles. The monoisotopic (exact) mass is 586 g/mol. The molecule has 2 N–H and O–H groups in total. The summed E-state index contributed by atoms with van der Waals surface area (Å²) in [4.78, 5) is 35.8. The van der Waals surface area contributed by atoms with Gasteiger partial charge in [-0.15, -0.1) is 0 Å². The van der Waals surface area contributed by atoms with Gasteiger partial charge in [0.2, 0.25) is 0 Å². The number of rotatable bonds is 9. The third-order valence-corrected chi connectivity index (χ3v) is 7.38. The molecule has 0 radical (unpaired) electrons. The Morgan fingerprint density at radius 1 is 0.545 bits per heavy atom. The van der Waals surface area contributed by atoms with Crippen molar-refractivity contribution < 1.29 is 18.4 Å². The molecular formula is C36H28F2N4O2. The molecule has 8 heteroatoms. The molecule has 6 aromatic rings. The van der Waals surface area contributed by atoms with Gasteiger partial charge in [-0.25, -0.2) is 18.7 Å². The van der Waals surface area contributed by atoms with E-state index in [1.54, 1.807) is 36.4 Å². The minimum absolute atomic E-state index is 0.229. The first kappa shape index (κ1) is 28.6. The number of fused-ring (bicyclic) bond motifs is 2. The van der Waals surface area contributed by atoms with Gasteiger partial charge in [0, 0.05) is 35.0 Å². The lowest BCUT2D eigenvalue weighted by Crippen LogP contribution is -2.27. The van der Waals surface area contributed by atoms with Crippen molar-refractivity contribution in [2.75, 3.05) is 13.1 Å². The maximum absolute atomic E-state index is 13.5. The minimum Gasteiger partial charge on any atom is -0.352 e. The predicted octanol–water partition coefficient (Wildman–Crippen LogP) is 7.34. The van der Waals surface area contributed by atoms with Crippen LogP contribution < -0.4 is 10.6 Å². The third kappa shape index (κ3) is 6.29. The first-order chi connectivity index (χ1) is 21.5. The maximum atomic E-state index is 13.5. The Hall–Kier alpha value is -5.50. The first-order valence-corrected chi connectivity index (χ1v) is 14.3. The summed E-state index contributed by atoms with van der Waals surface area (Å²) < 4.78 is 26.9. The van der Waals surface area contributed by atoms with Crippen molar-refractivity contribution in [3.8, 4) is 22.5 Å². The van der Waals surface area contributed by atoms with Crippen LogP contribution in [-0.2, 0) is 0 Å². The predicted molar refractivity (Wildman–Crippen MR) is 168 cm³/mol. The third-order valence-electron chi connectivity index (χ3n) is 7.38. The molecule has 0 aliphatic rings. The van der Waals surface area contributed by atoms with Gasteiger partial charge < -0.3 is 10.6 Å². The van der Waals surface area contributed by atoms with Crippen LogP contribution in [-0.4, -0.2) is 34.9 Å².